The van der Waals surface area contributed by atoms with E-state index in [1.807, 2.05) is 19.9 Å². The summed E-state index contributed by atoms with van der Waals surface area (Å²) in [4.78, 5) is 38.5. The quantitative estimate of drug-likeness (QED) is 0.146. The maximum Gasteiger partial charge on any atom is 0.406 e. The molecule has 2 aromatic heterocycles. The second-order valence-electron chi connectivity index (χ2n) is 12.3. The van der Waals surface area contributed by atoms with E-state index in [9.17, 15) is 24.4 Å². The molecule has 2 unspecified atom stereocenters. The van der Waals surface area contributed by atoms with Crippen LogP contribution in [0, 0.1) is 12.8 Å². The van der Waals surface area contributed by atoms with Crippen molar-refractivity contribution in [1.29, 1.82) is 0 Å². The zero-order valence-electron chi connectivity index (χ0n) is 28.1. The molecule has 0 bridgehead atoms. The Morgan fingerprint density at radius 1 is 1.15 bits per heavy atom. The normalized spacial score (nSPS) is 22.9. The van der Waals surface area contributed by atoms with Gasteiger partial charge >= 0.3 is 19.7 Å². The molecule has 1 aromatic carbocycles. The summed E-state index contributed by atoms with van der Waals surface area (Å²) in [6.45, 7) is 8.66. The lowest BCUT2D eigenvalue weighted by atomic mass is 9.96. The number of aryl methyl sites for hydroxylation is 1. The summed E-state index contributed by atoms with van der Waals surface area (Å²) in [7, 11) is -3.08. The van der Waals surface area contributed by atoms with Gasteiger partial charge in [-0.2, -0.15) is 4.98 Å². The van der Waals surface area contributed by atoms with Crippen LogP contribution in [0.1, 0.15) is 58.7 Å². The minimum absolute atomic E-state index is 0.0431. The molecule has 0 aliphatic carbocycles. The number of aromatic nitrogens is 4. The van der Waals surface area contributed by atoms with Gasteiger partial charge in [-0.15, -0.1) is 0 Å². The van der Waals surface area contributed by atoms with Crippen molar-refractivity contribution in [2.24, 2.45) is 5.92 Å². The number of carbonyl (C=O) groups excluding carboxylic acids is 2. The highest BCUT2D eigenvalue weighted by Crippen LogP contribution is 2.47. The standard InChI is InChI=1S/C31H44N5O11P/c1-18(2)13-22(29(39)46-19(3)4)35-48(41,45-16-24(37)43-14-21-11-9-8-10-12-21)44-15-23-26(38)31(6,40)30(47-23)36-17-32-25-27(36)33-20(5)34-28(25)42-7/h8-12,17-19,22-23,26,30,38,40H,13-16H2,1-7H3,(H,35,41)/t22-,23+,26?,30+,31-,48?/m0/s1. The zero-order chi connectivity index (χ0) is 35.2. The molecule has 48 heavy (non-hydrogen) atoms. The molecule has 0 radical (unpaired) electrons. The van der Waals surface area contributed by atoms with Gasteiger partial charge < -0.3 is 29.2 Å². The Morgan fingerprint density at radius 3 is 2.50 bits per heavy atom. The summed E-state index contributed by atoms with van der Waals surface area (Å²) >= 11 is 0. The van der Waals surface area contributed by atoms with Crippen molar-refractivity contribution in [3.8, 4) is 5.88 Å². The fourth-order valence-electron chi connectivity index (χ4n) is 5.07. The molecule has 264 valence electrons. The molecule has 17 heteroatoms. The number of esters is 2. The van der Waals surface area contributed by atoms with Crippen LogP contribution in [0.5, 0.6) is 5.88 Å². The molecule has 3 N–H and O–H groups in total. The monoisotopic (exact) mass is 693 g/mol. The van der Waals surface area contributed by atoms with Crippen LogP contribution in [0.4, 0.5) is 0 Å². The number of benzene rings is 1. The van der Waals surface area contributed by atoms with Gasteiger partial charge in [0, 0.05) is 0 Å². The van der Waals surface area contributed by atoms with E-state index in [1.54, 1.807) is 45.0 Å². The molecular weight excluding hydrogens is 649 g/mol. The highest BCUT2D eigenvalue weighted by atomic mass is 31.2. The molecule has 3 heterocycles. The summed E-state index contributed by atoms with van der Waals surface area (Å²) < 4.78 is 48.7. The van der Waals surface area contributed by atoms with E-state index < -0.39 is 69.1 Å². The summed E-state index contributed by atoms with van der Waals surface area (Å²) in [5.74, 6) is -0.990. The molecule has 0 amide bonds. The van der Waals surface area contributed by atoms with E-state index in [0.29, 0.717) is 11.3 Å². The third-order valence-electron chi connectivity index (χ3n) is 7.36. The number of imidazole rings is 1. The van der Waals surface area contributed by atoms with Gasteiger partial charge in [-0.1, -0.05) is 44.2 Å². The number of aliphatic hydroxyl groups is 2. The van der Waals surface area contributed by atoms with Gasteiger partial charge in [-0.25, -0.2) is 24.4 Å². The van der Waals surface area contributed by atoms with Gasteiger partial charge in [0.2, 0.25) is 5.88 Å². The fourth-order valence-corrected chi connectivity index (χ4v) is 6.50. The molecular formula is C31H44N5O11P. The van der Waals surface area contributed by atoms with E-state index in [-0.39, 0.29) is 30.5 Å². The lowest BCUT2D eigenvalue weighted by Gasteiger charge is -2.28. The fraction of sp³-hybridized carbons (Fsp3) is 0.581. The molecule has 0 spiro atoms. The van der Waals surface area contributed by atoms with Gasteiger partial charge in [0.05, 0.1) is 26.1 Å². The van der Waals surface area contributed by atoms with Crippen LogP contribution in [-0.2, 0) is 44.0 Å². The molecule has 1 saturated heterocycles. The molecule has 1 fully saturated rings. The average Bonchev–Trinajstić information content (AvgIpc) is 3.54. The van der Waals surface area contributed by atoms with Crippen molar-refractivity contribution in [3.05, 3.63) is 48.0 Å². The van der Waals surface area contributed by atoms with Gasteiger partial charge in [0.1, 0.15) is 36.3 Å². The Kier molecular flexibility index (Phi) is 12.3. The van der Waals surface area contributed by atoms with Crippen molar-refractivity contribution in [2.45, 2.75) is 90.8 Å². The lowest BCUT2D eigenvalue weighted by molar-refractivity contribution is -0.150. The van der Waals surface area contributed by atoms with Crippen molar-refractivity contribution in [2.75, 3.05) is 20.3 Å². The van der Waals surface area contributed by atoms with E-state index in [0.717, 1.165) is 5.56 Å². The van der Waals surface area contributed by atoms with Crippen LogP contribution < -0.4 is 9.82 Å². The van der Waals surface area contributed by atoms with Crippen LogP contribution in [0.2, 0.25) is 0 Å². The number of rotatable bonds is 16. The van der Waals surface area contributed by atoms with Crippen LogP contribution in [0.3, 0.4) is 0 Å². The predicted octanol–water partition coefficient (Wildman–Crippen LogP) is 2.99. The first-order valence-corrected chi connectivity index (χ1v) is 17.1. The number of nitrogens with one attached hydrogen (secondary N) is 1. The SMILES string of the molecule is COc1nc(C)nc2c1ncn2[C@@H]1O[C@H](COP(=O)(N[C@@H](CC(C)C)C(=O)OC(C)C)OCC(=O)OCc2ccccc2)C(O)[C@]1(C)O. The molecule has 6 atom stereocenters. The topological polar surface area (TPSA) is 203 Å². The number of aliphatic hydroxyl groups excluding tert-OH is 1. The molecule has 4 rings (SSSR count). The van der Waals surface area contributed by atoms with Crippen LogP contribution in [0.25, 0.3) is 11.2 Å². The third kappa shape index (κ3) is 9.14. The van der Waals surface area contributed by atoms with Crippen LogP contribution in [-0.4, -0.2) is 91.9 Å². The van der Waals surface area contributed by atoms with Gasteiger partial charge in [-0.05, 0) is 45.6 Å². The van der Waals surface area contributed by atoms with E-state index >= 15 is 0 Å². The van der Waals surface area contributed by atoms with Crippen LogP contribution >= 0.6 is 7.75 Å². The Morgan fingerprint density at radius 2 is 1.85 bits per heavy atom. The Labute approximate surface area is 278 Å². The zero-order valence-corrected chi connectivity index (χ0v) is 29.0. The molecule has 1 aliphatic rings. The first-order valence-electron chi connectivity index (χ1n) is 15.5. The minimum Gasteiger partial charge on any atom is -0.479 e. The van der Waals surface area contributed by atoms with Crippen LogP contribution in [0.15, 0.2) is 36.7 Å². The first kappa shape index (κ1) is 37.3. The van der Waals surface area contributed by atoms with Crippen molar-refractivity contribution in [1.82, 2.24) is 24.6 Å². The highest BCUT2D eigenvalue weighted by Gasteiger charge is 2.54. The summed E-state index contributed by atoms with van der Waals surface area (Å²) in [6.07, 6.45) is -2.95. The van der Waals surface area contributed by atoms with Gasteiger partial charge in [0.15, 0.2) is 24.0 Å². The second kappa shape index (κ2) is 15.8. The molecule has 3 aromatic rings. The number of ether oxygens (including phenoxy) is 4. The maximum absolute atomic E-state index is 14.2. The van der Waals surface area contributed by atoms with Gasteiger partial charge in [0.25, 0.3) is 0 Å². The number of fused-ring (bicyclic) bond motifs is 1. The molecule has 0 saturated carbocycles. The van der Waals surface area contributed by atoms with Gasteiger partial charge in [-0.3, -0.25) is 18.4 Å². The lowest BCUT2D eigenvalue weighted by Crippen LogP contribution is -2.44. The number of methoxy groups -OCH3 is 1. The summed E-state index contributed by atoms with van der Waals surface area (Å²) in [6, 6.07) is 7.80. The van der Waals surface area contributed by atoms with Crippen molar-refractivity contribution < 1.29 is 52.4 Å². The van der Waals surface area contributed by atoms with E-state index in [1.165, 1.54) is 24.9 Å². The Bertz CT molecular complexity index is 1600. The number of hydrogen-bond donors (Lipinski definition) is 3. The molecule has 1 aliphatic heterocycles. The third-order valence-corrected chi connectivity index (χ3v) is 8.95. The number of carbonyl (C=O) groups is 2. The summed E-state index contributed by atoms with van der Waals surface area (Å²) in [5.41, 5.74) is -0.587. The smallest absolute Gasteiger partial charge is 0.406 e. The molecule has 16 nitrogen and oxygen atoms in total. The highest BCUT2D eigenvalue weighted by molar-refractivity contribution is 7.51. The van der Waals surface area contributed by atoms with E-state index in [2.05, 4.69) is 20.0 Å². The van der Waals surface area contributed by atoms with E-state index in [4.69, 9.17) is 28.0 Å². The first-order chi connectivity index (χ1) is 22.6. The summed E-state index contributed by atoms with van der Waals surface area (Å²) in [5, 5.41) is 25.2. The largest absolute Gasteiger partial charge is 0.479 e. The van der Waals surface area contributed by atoms with Crippen molar-refractivity contribution in [3.63, 3.8) is 0 Å². The number of hydrogen-bond acceptors (Lipinski definition) is 14. The minimum atomic E-state index is -4.52. The maximum atomic E-state index is 14.2. The Hall–Kier alpha value is -3.50. The number of nitrogens with zero attached hydrogens (tertiary/aromatic N) is 4. The predicted molar refractivity (Wildman–Crippen MR) is 171 cm³/mol. The van der Waals surface area contributed by atoms with Crippen molar-refractivity contribution >= 4 is 30.8 Å². The second-order valence-corrected chi connectivity index (χ2v) is 14.1. The average molecular weight is 694 g/mol. The Balaban J connectivity index is 1.54.